The molecule has 0 spiro atoms. The van der Waals surface area contributed by atoms with Gasteiger partial charge >= 0.3 is 0 Å². The maximum Gasteiger partial charge on any atom is 0.197 e. The molecule has 96 valence electrons. The zero-order valence-electron chi connectivity index (χ0n) is 10.6. The van der Waals surface area contributed by atoms with Crippen LogP contribution in [-0.4, -0.2) is 23.0 Å². The summed E-state index contributed by atoms with van der Waals surface area (Å²) >= 11 is 1.64. The first-order valence-corrected chi connectivity index (χ1v) is 7.14. The molecule has 2 rings (SSSR count). The normalized spacial score (nSPS) is 18.8. The van der Waals surface area contributed by atoms with Gasteiger partial charge in [0.05, 0.1) is 0 Å². The highest BCUT2D eigenvalue weighted by atomic mass is 32.1. The number of anilines is 1. The van der Waals surface area contributed by atoms with E-state index < -0.39 is 0 Å². The molecule has 1 aliphatic rings. The molecule has 17 heavy (non-hydrogen) atoms. The number of likely N-dealkylation sites (tertiary alicyclic amines) is 1. The number of thiazole rings is 1. The third-order valence-electron chi connectivity index (χ3n) is 3.63. The van der Waals surface area contributed by atoms with E-state index in [0.29, 0.717) is 0 Å². The van der Waals surface area contributed by atoms with E-state index in [-0.39, 0.29) is 0 Å². The van der Waals surface area contributed by atoms with Crippen LogP contribution in [-0.2, 0) is 6.54 Å². The predicted molar refractivity (Wildman–Crippen MR) is 72.8 cm³/mol. The van der Waals surface area contributed by atoms with Gasteiger partial charge in [-0.15, -0.1) is 0 Å². The molecule has 1 aromatic heterocycles. The summed E-state index contributed by atoms with van der Waals surface area (Å²) in [6.45, 7) is 8.12. The van der Waals surface area contributed by atoms with Gasteiger partial charge in [-0.05, 0) is 37.8 Å². The monoisotopic (exact) mass is 254 g/mol. The molecular weight excluding hydrogens is 232 g/mol. The fourth-order valence-corrected chi connectivity index (χ4v) is 3.21. The number of aromatic nitrogens is 1. The van der Waals surface area contributed by atoms with Gasteiger partial charge in [-0.3, -0.25) is 10.3 Å². The maximum absolute atomic E-state index is 5.33. The Morgan fingerprint density at radius 2 is 2.24 bits per heavy atom. The topological polar surface area (TPSA) is 54.2 Å². The number of nitrogens with one attached hydrogen (secondary N) is 1. The van der Waals surface area contributed by atoms with E-state index in [1.165, 1.54) is 30.8 Å². The first kappa shape index (κ1) is 12.8. The van der Waals surface area contributed by atoms with Crippen LogP contribution in [0.2, 0.25) is 0 Å². The molecule has 0 unspecified atom stereocenters. The average molecular weight is 254 g/mol. The van der Waals surface area contributed by atoms with E-state index in [2.05, 4.69) is 29.2 Å². The van der Waals surface area contributed by atoms with Gasteiger partial charge in [0, 0.05) is 17.6 Å². The highest BCUT2D eigenvalue weighted by molar-refractivity contribution is 7.15. The Morgan fingerprint density at radius 1 is 1.53 bits per heavy atom. The molecule has 3 N–H and O–H groups in total. The minimum atomic E-state index is 0.803. The molecule has 0 atom stereocenters. The number of rotatable bonds is 4. The molecule has 2 heterocycles. The zero-order valence-corrected chi connectivity index (χ0v) is 11.5. The Balaban J connectivity index is 1.81. The molecule has 1 saturated heterocycles. The number of hydrogen-bond acceptors (Lipinski definition) is 5. The molecule has 1 aromatic rings. The molecule has 0 saturated carbocycles. The first-order valence-electron chi connectivity index (χ1n) is 6.32. The summed E-state index contributed by atoms with van der Waals surface area (Å²) < 4.78 is 0. The van der Waals surface area contributed by atoms with Crippen molar-refractivity contribution >= 4 is 16.5 Å². The minimum absolute atomic E-state index is 0.803. The Labute approximate surface area is 107 Å². The Kier molecular flexibility index (Phi) is 4.36. The van der Waals surface area contributed by atoms with Crippen molar-refractivity contribution in [1.82, 2.24) is 9.88 Å². The van der Waals surface area contributed by atoms with Crippen molar-refractivity contribution in [2.24, 2.45) is 17.7 Å². The molecule has 0 amide bonds. The molecular formula is C12H22N4S. The van der Waals surface area contributed by atoms with Gasteiger partial charge in [-0.1, -0.05) is 25.2 Å². The number of hydrazine groups is 1. The van der Waals surface area contributed by atoms with E-state index in [4.69, 9.17) is 5.84 Å². The van der Waals surface area contributed by atoms with Crippen molar-refractivity contribution in [2.75, 3.05) is 18.5 Å². The van der Waals surface area contributed by atoms with Crippen LogP contribution in [0.3, 0.4) is 0 Å². The van der Waals surface area contributed by atoms with Crippen molar-refractivity contribution in [3.8, 4) is 0 Å². The van der Waals surface area contributed by atoms with Gasteiger partial charge in [-0.2, -0.15) is 0 Å². The van der Waals surface area contributed by atoms with Crippen molar-refractivity contribution < 1.29 is 0 Å². The van der Waals surface area contributed by atoms with Crippen LogP contribution in [0.1, 0.15) is 31.6 Å². The Bertz CT molecular complexity index is 342. The zero-order chi connectivity index (χ0) is 12.3. The summed E-state index contributed by atoms with van der Waals surface area (Å²) in [6.07, 6.45) is 4.59. The van der Waals surface area contributed by atoms with Crippen molar-refractivity contribution in [2.45, 2.75) is 33.2 Å². The second kappa shape index (κ2) is 5.80. The van der Waals surface area contributed by atoms with Gasteiger partial charge in [0.1, 0.15) is 0 Å². The molecule has 1 aliphatic heterocycles. The molecule has 1 fully saturated rings. The van der Waals surface area contributed by atoms with Gasteiger partial charge in [-0.25, -0.2) is 10.8 Å². The second-order valence-electron chi connectivity index (χ2n) is 5.13. The third kappa shape index (κ3) is 3.40. The number of nitrogen functional groups attached to an aromatic ring is 1. The van der Waals surface area contributed by atoms with Crippen LogP contribution in [0.25, 0.3) is 0 Å². The lowest BCUT2D eigenvalue weighted by Gasteiger charge is -2.33. The van der Waals surface area contributed by atoms with E-state index >= 15 is 0 Å². The van der Waals surface area contributed by atoms with Gasteiger partial charge < -0.3 is 0 Å². The quantitative estimate of drug-likeness (QED) is 0.639. The van der Waals surface area contributed by atoms with Gasteiger partial charge in [0.25, 0.3) is 0 Å². The SMILES string of the molecule is CC(C)C1CCN(Cc2cnc(NN)s2)CC1. The summed E-state index contributed by atoms with van der Waals surface area (Å²) in [7, 11) is 0. The van der Waals surface area contributed by atoms with Crippen LogP contribution in [0.4, 0.5) is 5.13 Å². The Morgan fingerprint density at radius 3 is 2.76 bits per heavy atom. The van der Waals surface area contributed by atoms with Crippen LogP contribution < -0.4 is 11.3 Å². The number of piperidine rings is 1. The first-order chi connectivity index (χ1) is 8.19. The van der Waals surface area contributed by atoms with E-state index in [1.807, 2.05) is 6.20 Å². The number of nitrogens with zero attached hydrogens (tertiary/aromatic N) is 2. The lowest BCUT2D eigenvalue weighted by Crippen LogP contribution is -2.34. The minimum Gasteiger partial charge on any atom is -0.300 e. The van der Waals surface area contributed by atoms with Crippen molar-refractivity contribution in [3.63, 3.8) is 0 Å². The molecule has 0 bridgehead atoms. The fourth-order valence-electron chi connectivity index (χ4n) is 2.45. The summed E-state index contributed by atoms with van der Waals surface area (Å²) in [5.74, 6) is 7.07. The summed E-state index contributed by atoms with van der Waals surface area (Å²) in [4.78, 5) is 8.01. The molecule has 0 aliphatic carbocycles. The maximum atomic E-state index is 5.33. The van der Waals surface area contributed by atoms with Gasteiger partial charge in [0.2, 0.25) is 0 Å². The summed E-state index contributed by atoms with van der Waals surface area (Å²) in [5, 5.41) is 0.803. The molecule has 4 nitrogen and oxygen atoms in total. The molecule has 0 radical (unpaired) electrons. The standard InChI is InChI=1S/C12H22N4S/c1-9(2)10-3-5-16(6-4-10)8-11-7-14-12(15-13)17-11/h7,9-10H,3-6,8,13H2,1-2H3,(H,14,15). The predicted octanol–water partition coefficient (Wildman–Crippen LogP) is 2.30. The molecule has 5 heteroatoms. The number of nitrogens with two attached hydrogens (primary N) is 1. The average Bonchev–Trinajstić information content (AvgIpc) is 2.77. The Hall–Kier alpha value is -0.650. The summed E-state index contributed by atoms with van der Waals surface area (Å²) in [5.41, 5.74) is 2.60. The highest BCUT2D eigenvalue weighted by Crippen LogP contribution is 2.26. The van der Waals surface area contributed by atoms with E-state index in [0.717, 1.165) is 23.5 Å². The van der Waals surface area contributed by atoms with Crippen LogP contribution >= 0.6 is 11.3 Å². The smallest absolute Gasteiger partial charge is 0.197 e. The van der Waals surface area contributed by atoms with Crippen molar-refractivity contribution in [1.29, 1.82) is 0 Å². The largest absolute Gasteiger partial charge is 0.300 e. The van der Waals surface area contributed by atoms with Crippen LogP contribution in [0, 0.1) is 11.8 Å². The lowest BCUT2D eigenvalue weighted by molar-refractivity contribution is 0.153. The van der Waals surface area contributed by atoms with E-state index in [1.54, 1.807) is 11.3 Å². The van der Waals surface area contributed by atoms with Crippen LogP contribution in [0.5, 0.6) is 0 Å². The van der Waals surface area contributed by atoms with E-state index in [9.17, 15) is 0 Å². The molecule has 0 aromatic carbocycles. The second-order valence-corrected chi connectivity index (χ2v) is 6.25. The lowest BCUT2D eigenvalue weighted by atomic mass is 9.87. The number of hydrogen-bond donors (Lipinski definition) is 2. The van der Waals surface area contributed by atoms with Crippen LogP contribution in [0.15, 0.2) is 6.20 Å². The summed E-state index contributed by atoms with van der Waals surface area (Å²) in [6, 6.07) is 0. The van der Waals surface area contributed by atoms with Gasteiger partial charge in [0.15, 0.2) is 5.13 Å². The van der Waals surface area contributed by atoms with Crippen molar-refractivity contribution in [3.05, 3.63) is 11.1 Å². The third-order valence-corrected chi connectivity index (χ3v) is 4.54. The highest BCUT2D eigenvalue weighted by Gasteiger charge is 2.21. The fraction of sp³-hybridized carbons (Fsp3) is 0.750.